The SMILES string of the molecule is CCN(CC)CCOc1ccc(C(=Cc2ccccc2)c2ccc(OC)cc2)cc1. The first kappa shape index (κ1) is 21.7. The minimum absolute atomic E-state index is 0.701. The van der Waals surface area contributed by atoms with Crippen LogP contribution in [-0.4, -0.2) is 38.3 Å². The minimum atomic E-state index is 0.701. The van der Waals surface area contributed by atoms with E-state index in [1.807, 2.05) is 18.2 Å². The number of hydrogen-bond acceptors (Lipinski definition) is 3. The highest BCUT2D eigenvalue weighted by Crippen LogP contribution is 2.29. The summed E-state index contributed by atoms with van der Waals surface area (Å²) in [6.45, 7) is 8.10. The van der Waals surface area contributed by atoms with Crippen molar-refractivity contribution in [3.8, 4) is 11.5 Å². The number of nitrogens with zero attached hydrogens (tertiary/aromatic N) is 1. The number of hydrogen-bond donors (Lipinski definition) is 0. The van der Waals surface area contributed by atoms with E-state index in [4.69, 9.17) is 9.47 Å². The number of benzene rings is 3. The number of likely N-dealkylation sites (N-methyl/N-ethyl adjacent to an activating group) is 1. The summed E-state index contributed by atoms with van der Waals surface area (Å²) in [5.41, 5.74) is 4.64. The van der Waals surface area contributed by atoms with Crippen LogP contribution < -0.4 is 9.47 Å². The fourth-order valence-electron chi connectivity index (χ4n) is 3.38. The van der Waals surface area contributed by atoms with E-state index in [0.29, 0.717) is 6.61 Å². The van der Waals surface area contributed by atoms with Crippen LogP contribution in [0.3, 0.4) is 0 Å². The van der Waals surface area contributed by atoms with Gasteiger partial charge in [0.1, 0.15) is 18.1 Å². The summed E-state index contributed by atoms with van der Waals surface area (Å²) in [6.07, 6.45) is 2.22. The lowest BCUT2D eigenvalue weighted by molar-refractivity contribution is 0.223. The fourth-order valence-corrected chi connectivity index (χ4v) is 3.38. The highest BCUT2D eigenvalue weighted by molar-refractivity contribution is 5.91. The van der Waals surface area contributed by atoms with E-state index in [-0.39, 0.29) is 0 Å². The highest BCUT2D eigenvalue weighted by atomic mass is 16.5. The molecule has 0 aliphatic heterocycles. The van der Waals surface area contributed by atoms with Crippen molar-refractivity contribution in [1.82, 2.24) is 4.90 Å². The Bertz CT molecular complexity index is 911. The van der Waals surface area contributed by atoms with Crippen LogP contribution in [-0.2, 0) is 0 Å². The van der Waals surface area contributed by atoms with Crippen molar-refractivity contribution >= 4 is 11.6 Å². The van der Waals surface area contributed by atoms with Crippen molar-refractivity contribution in [1.29, 1.82) is 0 Å². The van der Waals surface area contributed by atoms with Gasteiger partial charge in [-0.3, -0.25) is 0 Å². The van der Waals surface area contributed by atoms with Crippen LogP contribution in [0.4, 0.5) is 0 Å². The van der Waals surface area contributed by atoms with Crippen molar-refractivity contribution in [2.75, 3.05) is 33.4 Å². The van der Waals surface area contributed by atoms with Crippen LogP contribution in [0, 0.1) is 0 Å². The maximum atomic E-state index is 5.95. The molecule has 0 heterocycles. The lowest BCUT2D eigenvalue weighted by Crippen LogP contribution is -2.27. The second kappa shape index (κ2) is 11.2. The number of ether oxygens (including phenoxy) is 2. The summed E-state index contributed by atoms with van der Waals surface area (Å²) in [5.74, 6) is 1.76. The monoisotopic (exact) mass is 401 g/mol. The molecule has 0 bridgehead atoms. The Morgan fingerprint density at radius 3 is 1.87 bits per heavy atom. The first-order valence-corrected chi connectivity index (χ1v) is 10.6. The lowest BCUT2D eigenvalue weighted by atomic mass is 9.95. The molecule has 0 N–H and O–H groups in total. The summed E-state index contributed by atoms with van der Waals surface area (Å²) >= 11 is 0. The molecule has 0 aliphatic rings. The number of rotatable bonds is 10. The second-order valence-corrected chi connectivity index (χ2v) is 7.10. The summed E-state index contributed by atoms with van der Waals surface area (Å²) < 4.78 is 11.3. The molecule has 0 saturated heterocycles. The Morgan fingerprint density at radius 1 is 0.767 bits per heavy atom. The maximum absolute atomic E-state index is 5.95. The first-order chi connectivity index (χ1) is 14.7. The van der Waals surface area contributed by atoms with Crippen LogP contribution in [0.5, 0.6) is 11.5 Å². The Morgan fingerprint density at radius 2 is 1.33 bits per heavy atom. The van der Waals surface area contributed by atoms with E-state index in [9.17, 15) is 0 Å². The normalized spacial score (nSPS) is 11.5. The van der Waals surface area contributed by atoms with E-state index < -0.39 is 0 Å². The highest BCUT2D eigenvalue weighted by Gasteiger charge is 2.07. The molecule has 0 aliphatic carbocycles. The third-order valence-corrected chi connectivity index (χ3v) is 5.25. The minimum Gasteiger partial charge on any atom is -0.497 e. The van der Waals surface area contributed by atoms with Gasteiger partial charge in [-0.1, -0.05) is 68.4 Å². The number of methoxy groups -OCH3 is 1. The maximum Gasteiger partial charge on any atom is 0.119 e. The van der Waals surface area contributed by atoms with Gasteiger partial charge in [-0.25, -0.2) is 0 Å². The average Bonchev–Trinajstić information content (AvgIpc) is 2.82. The Kier molecular flexibility index (Phi) is 8.10. The predicted molar refractivity (Wildman–Crippen MR) is 126 cm³/mol. The Hall–Kier alpha value is -3.04. The first-order valence-electron chi connectivity index (χ1n) is 10.6. The van der Waals surface area contributed by atoms with Gasteiger partial charge in [-0.2, -0.15) is 0 Å². The van der Waals surface area contributed by atoms with E-state index in [1.54, 1.807) is 7.11 Å². The molecule has 0 spiro atoms. The molecule has 3 aromatic carbocycles. The fraction of sp³-hybridized carbons (Fsp3) is 0.259. The molecule has 3 nitrogen and oxygen atoms in total. The second-order valence-electron chi connectivity index (χ2n) is 7.10. The summed E-state index contributed by atoms with van der Waals surface area (Å²) in [7, 11) is 1.69. The van der Waals surface area contributed by atoms with E-state index >= 15 is 0 Å². The Balaban J connectivity index is 1.82. The van der Waals surface area contributed by atoms with Gasteiger partial charge in [-0.15, -0.1) is 0 Å². The van der Waals surface area contributed by atoms with Gasteiger partial charge in [0.25, 0.3) is 0 Å². The van der Waals surface area contributed by atoms with Crippen LogP contribution in [0.15, 0.2) is 78.9 Å². The molecule has 0 amide bonds. The molecule has 3 rings (SSSR count). The molecule has 0 fully saturated rings. The molecule has 0 atom stereocenters. The molecule has 156 valence electrons. The van der Waals surface area contributed by atoms with E-state index in [0.717, 1.165) is 42.3 Å². The zero-order valence-corrected chi connectivity index (χ0v) is 18.2. The zero-order valence-electron chi connectivity index (χ0n) is 18.2. The third kappa shape index (κ3) is 5.98. The van der Waals surface area contributed by atoms with Crippen molar-refractivity contribution in [2.24, 2.45) is 0 Å². The predicted octanol–water partition coefficient (Wildman–Crippen LogP) is 6.00. The molecule has 0 unspecified atom stereocenters. The molecule has 3 aromatic rings. The van der Waals surface area contributed by atoms with E-state index in [2.05, 4.69) is 85.5 Å². The van der Waals surface area contributed by atoms with Crippen LogP contribution in [0.25, 0.3) is 11.6 Å². The van der Waals surface area contributed by atoms with Crippen LogP contribution in [0.2, 0.25) is 0 Å². The van der Waals surface area contributed by atoms with Gasteiger partial charge >= 0.3 is 0 Å². The van der Waals surface area contributed by atoms with Gasteiger partial charge in [0.15, 0.2) is 0 Å². The molecule has 3 heteroatoms. The topological polar surface area (TPSA) is 21.7 Å². The van der Waals surface area contributed by atoms with E-state index in [1.165, 1.54) is 11.1 Å². The van der Waals surface area contributed by atoms with Gasteiger partial charge in [0, 0.05) is 6.54 Å². The molecule has 0 aromatic heterocycles. The van der Waals surface area contributed by atoms with Crippen LogP contribution >= 0.6 is 0 Å². The summed E-state index contributed by atoms with van der Waals surface area (Å²) in [6, 6.07) is 27.0. The van der Waals surface area contributed by atoms with Crippen molar-refractivity contribution in [3.05, 3.63) is 95.6 Å². The van der Waals surface area contributed by atoms with Gasteiger partial charge in [-0.05, 0) is 65.7 Å². The summed E-state index contributed by atoms with van der Waals surface area (Å²) in [4.78, 5) is 2.36. The van der Waals surface area contributed by atoms with Crippen molar-refractivity contribution < 1.29 is 9.47 Å². The quantitative estimate of drug-likeness (QED) is 0.389. The standard InChI is InChI=1S/C27H31NO2/c1-4-28(5-2)19-20-30-26-17-13-24(14-18-26)27(21-22-9-7-6-8-10-22)23-11-15-25(29-3)16-12-23/h6-18,21H,4-5,19-20H2,1-3H3. The smallest absolute Gasteiger partial charge is 0.119 e. The lowest BCUT2D eigenvalue weighted by Gasteiger charge is -2.18. The molecule has 0 radical (unpaired) electrons. The largest absolute Gasteiger partial charge is 0.497 e. The molecular formula is C27H31NO2. The molecular weight excluding hydrogens is 370 g/mol. The van der Waals surface area contributed by atoms with Crippen molar-refractivity contribution in [3.63, 3.8) is 0 Å². The zero-order chi connectivity index (χ0) is 21.2. The molecule has 30 heavy (non-hydrogen) atoms. The Labute approximate surface area is 180 Å². The van der Waals surface area contributed by atoms with Crippen molar-refractivity contribution in [2.45, 2.75) is 13.8 Å². The third-order valence-electron chi connectivity index (χ3n) is 5.25. The van der Waals surface area contributed by atoms with Gasteiger partial charge in [0.2, 0.25) is 0 Å². The van der Waals surface area contributed by atoms with Gasteiger partial charge in [0.05, 0.1) is 7.11 Å². The molecule has 0 saturated carbocycles. The summed E-state index contributed by atoms with van der Waals surface area (Å²) in [5, 5.41) is 0. The van der Waals surface area contributed by atoms with Crippen LogP contribution in [0.1, 0.15) is 30.5 Å². The average molecular weight is 402 g/mol. The van der Waals surface area contributed by atoms with Gasteiger partial charge < -0.3 is 14.4 Å².